The predicted octanol–water partition coefficient (Wildman–Crippen LogP) is 2.23. The van der Waals surface area contributed by atoms with E-state index in [0.717, 1.165) is 10.2 Å². The maximum absolute atomic E-state index is 12.2. The van der Waals surface area contributed by atoms with Crippen molar-refractivity contribution in [3.63, 3.8) is 0 Å². The van der Waals surface area contributed by atoms with Gasteiger partial charge in [0.05, 0.1) is 12.6 Å². The fraction of sp³-hybridized carbons (Fsp3) is 0.467. The summed E-state index contributed by atoms with van der Waals surface area (Å²) < 4.78 is 0.901. The molecule has 2 amide bonds. The van der Waals surface area contributed by atoms with Gasteiger partial charge in [0, 0.05) is 16.2 Å². The topological polar surface area (TPSA) is 61.4 Å². The fourth-order valence-electron chi connectivity index (χ4n) is 1.74. The van der Waals surface area contributed by atoms with Gasteiger partial charge in [-0.3, -0.25) is 14.5 Å². The van der Waals surface area contributed by atoms with E-state index in [1.165, 1.54) is 0 Å². The molecule has 2 N–H and O–H groups in total. The van der Waals surface area contributed by atoms with Gasteiger partial charge in [-0.05, 0) is 46.0 Å². The quantitative estimate of drug-likeness (QED) is 0.822. The second-order valence-electron chi connectivity index (χ2n) is 5.31. The first-order valence-electron chi connectivity index (χ1n) is 6.85. The third kappa shape index (κ3) is 6.27. The molecule has 0 aromatic heterocycles. The van der Waals surface area contributed by atoms with E-state index in [1.54, 1.807) is 18.9 Å². The summed E-state index contributed by atoms with van der Waals surface area (Å²) >= 11 is 3.36. The van der Waals surface area contributed by atoms with Crippen LogP contribution in [0.5, 0.6) is 0 Å². The molecular weight excluding hydrogens is 334 g/mol. The van der Waals surface area contributed by atoms with Crippen molar-refractivity contribution >= 4 is 33.4 Å². The molecule has 0 radical (unpaired) electrons. The number of benzene rings is 1. The second-order valence-corrected chi connectivity index (χ2v) is 6.23. The smallest absolute Gasteiger partial charge is 0.241 e. The van der Waals surface area contributed by atoms with Crippen molar-refractivity contribution < 1.29 is 9.59 Å². The minimum absolute atomic E-state index is 0.0883. The lowest BCUT2D eigenvalue weighted by molar-refractivity contribution is -0.125. The normalized spacial score (nSPS) is 12.3. The first-order chi connectivity index (χ1) is 9.79. The molecule has 21 heavy (non-hydrogen) atoms. The van der Waals surface area contributed by atoms with Crippen molar-refractivity contribution in [2.24, 2.45) is 0 Å². The van der Waals surface area contributed by atoms with Gasteiger partial charge in [-0.25, -0.2) is 0 Å². The molecule has 0 saturated heterocycles. The first kappa shape index (κ1) is 17.7. The van der Waals surface area contributed by atoms with Crippen molar-refractivity contribution in [1.82, 2.24) is 10.2 Å². The van der Waals surface area contributed by atoms with Gasteiger partial charge in [-0.2, -0.15) is 0 Å². The van der Waals surface area contributed by atoms with Gasteiger partial charge in [0.2, 0.25) is 11.8 Å². The molecule has 0 fully saturated rings. The average Bonchev–Trinajstić information content (AvgIpc) is 2.36. The number of carbonyl (C=O) groups is 2. The number of hydrogen-bond donors (Lipinski definition) is 2. The molecule has 0 bridgehead atoms. The lowest BCUT2D eigenvalue weighted by Gasteiger charge is -2.23. The molecule has 1 aromatic rings. The number of nitrogens with zero attached hydrogens (tertiary/aromatic N) is 1. The standard InChI is InChI=1S/C15H22BrN3O2/c1-10(2)17-14(20)9-19(4)11(3)15(21)18-13-7-5-6-12(16)8-13/h5-8,10-11H,9H2,1-4H3,(H,17,20)(H,18,21). The third-order valence-corrected chi connectivity index (χ3v) is 3.47. The van der Waals surface area contributed by atoms with Gasteiger partial charge in [0.1, 0.15) is 0 Å². The first-order valence-corrected chi connectivity index (χ1v) is 7.65. The Morgan fingerprint density at radius 2 is 1.95 bits per heavy atom. The summed E-state index contributed by atoms with van der Waals surface area (Å²) in [6.45, 7) is 5.77. The molecule has 0 aliphatic rings. The number of nitrogens with one attached hydrogen (secondary N) is 2. The number of anilines is 1. The zero-order chi connectivity index (χ0) is 16.0. The van der Waals surface area contributed by atoms with E-state index in [-0.39, 0.29) is 24.4 Å². The van der Waals surface area contributed by atoms with E-state index < -0.39 is 6.04 Å². The van der Waals surface area contributed by atoms with E-state index in [2.05, 4.69) is 26.6 Å². The molecule has 0 aliphatic carbocycles. The Hall–Kier alpha value is -1.40. The number of hydrogen-bond acceptors (Lipinski definition) is 3. The van der Waals surface area contributed by atoms with Crippen molar-refractivity contribution in [1.29, 1.82) is 0 Å². The van der Waals surface area contributed by atoms with Crippen molar-refractivity contribution in [2.75, 3.05) is 18.9 Å². The maximum Gasteiger partial charge on any atom is 0.241 e. The molecule has 0 spiro atoms. The minimum Gasteiger partial charge on any atom is -0.353 e. The van der Waals surface area contributed by atoms with Crippen LogP contribution in [0.1, 0.15) is 20.8 Å². The Bertz CT molecular complexity index is 505. The fourth-order valence-corrected chi connectivity index (χ4v) is 2.14. The van der Waals surface area contributed by atoms with Crippen molar-refractivity contribution in [3.8, 4) is 0 Å². The Morgan fingerprint density at radius 1 is 1.29 bits per heavy atom. The highest BCUT2D eigenvalue weighted by Crippen LogP contribution is 2.16. The number of halogens is 1. The van der Waals surface area contributed by atoms with Crippen LogP contribution in [0, 0.1) is 0 Å². The molecule has 5 nitrogen and oxygen atoms in total. The van der Waals surface area contributed by atoms with E-state index in [0.29, 0.717) is 0 Å². The minimum atomic E-state index is -0.401. The number of amides is 2. The Morgan fingerprint density at radius 3 is 2.52 bits per heavy atom. The maximum atomic E-state index is 12.2. The van der Waals surface area contributed by atoms with E-state index >= 15 is 0 Å². The summed E-state index contributed by atoms with van der Waals surface area (Å²) in [5.41, 5.74) is 0.723. The Kier molecular flexibility index (Phi) is 6.84. The Balaban J connectivity index is 2.55. The highest BCUT2D eigenvalue weighted by Gasteiger charge is 2.20. The molecular formula is C15H22BrN3O2. The van der Waals surface area contributed by atoms with E-state index in [1.807, 2.05) is 38.1 Å². The molecule has 1 aromatic carbocycles. The van der Waals surface area contributed by atoms with Crippen LogP contribution >= 0.6 is 15.9 Å². The zero-order valence-corrected chi connectivity index (χ0v) is 14.4. The van der Waals surface area contributed by atoms with Crippen LogP contribution in [0.15, 0.2) is 28.7 Å². The number of likely N-dealkylation sites (N-methyl/N-ethyl adjacent to an activating group) is 1. The van der Waals surface area contributed by atoms with Crippen LogP contribution in [-0.2, 0) is 9.59 Å². The van der Waals surface area contributed by atoms with Gasteiger partial charge < -0.3 is 10.6 Å². The van der Waals surface area contributed by atoms with Gasteiger partial charge in [-0.15, -0.1) is 0 Å². The highest BCUT2D eigenvalue weighted by molar-refractivity contribution is 9.10. The average molecular weight is 356 g/mol. The van der Waals surface area contributed by atoms with Crippen LogP contribution in [0.25, 0.3) is 0 Å². The van der Waals surface area contributed by atoms with Gasteiger partial charge in [0.15, 0.2) is 0 Å². The summed E-state index contributed by atoms with van der Waals surface area (Å²) in [7, 11) is 1.76. The summed E-state index contributed by atoms with van der Waals surface area (Å²) in [6.07, 6.45) is 0. The van der Waals surface area contributed by atoms with E-state index in [9.17, 15) is 9.59 Å². The van der Waals surface area contributed by atoms with Crippen molar-refractivity contribution in [3.05, 3.63) is 28.7 Å². The number of rotatable bonds is 6. The van der Waals surface area contributed by atoms with Crippen LogP contribution < -0.4 is 10.6 Å². The van der Waals surface area contributed by atoms with Crippen molar-refractivity contribution in [2.45, 2.75) is 32.9 Å². The molecule has 6 heteroatoms. The lowest BCUT2D eigenvalue weighted by Crippen LogP contribution is -2.45. The van der Waals surface area contributed by atoms with Gasteiger partial charge in [-0.1, -0.05) is 22.0 Å². The summed E-state index contributed by atoms with van der Waals surface area (Å²) in [4.78, 5) is 25.6. The highest BCUT2D eigenvalue weighted by atomic mass is 79.9. The molecule has 1 rings (SSSR count). The molecule has 1 unspecified atom stereocenters. The Labute approximate surface area is 134 Å². The monoisotopic (exact) mass is 355 g/mol. The SMILES string of the molecule is CC(C)NC(=O)CN(C)C(C)C(=O)Nc1cccc(Br)c1. The zero-order valence-electron chi connectivity index (χ0n) is 12.8. The van der Waals surface area contributed by atoms with Gasteiger partial charge in [0.25, 0.3) is 0 Å². The molecule has 0 heterocycles. The van der Waals surface area contributed by atoms with Gasteiger partial charge >= 0.3 is 0 Å². The summed E-state index contributed by atoms with van der Waals surface area (Å²) in [5, 5.41) is 5.64. The second kappa shape index (κ2) is 8.14. The molecule has 1 atom stereocenters. The van der Waals surface area contributed by atoms with E-state index in [4.69, 9.17) is 0 Å². The molecule has 0 saturated carbocycles. The third-order valence-electron chi connectivity index (χ3n) is 2.98. The predicted molar refractivity (Wildman–Crippen MR) is 88.1 cm³/mol. The van der Waals surface area contributed by atoms with Crippen LogP contribution in [0.4, 0.5) is 5.69 Å². The van der Waals surface area contributed by atoms with Crippen LogP contribution in [0.3, 0.4) is 0 Å². The molecule has 0 aliphatic heterocycles. The lowest BCUT2D eigenvalue weighted by atomic mass is 10.2. The largest absolute Gasteiger partial charge is 0.353 e. The molecule has 116 valence electrons. The van der Waals surface area contributed by atoms with Crippen LogP contribution in [0.2, 0.25) is 0 Å². The van der Waals surface area contributed by atoms with Crippen LogP contribution in [-0.4, -0.2) is 42.4 Å². The summed E-state index contributed by atoms with van der Waals surface area (Å²) in [6, 6.07) is 7.08. The number of carbonyl (C=O) groups excluding carboxylic acids is 2. The summed E-state index contributed by atoms with van der Waals surface area (Å²) in [5.74, 6) is -0.234.